The zero-order chi connectivity index (χ0) is 19.1. The quantitative estimate of drug-likeness (QED) is 0.271. The highest BCUT2D eigenvalue weighted by Crippen LogP contribution is 2.37. The molecule has 0 aliphatic heterocycles. The zero-order valence-corrected chi connectivity index (χ0v) is 14.8. The standard InChI is InChI=1S/C18H13N5O4.ClH/c19-17-16-18(21-7-20-17)23-15(9-2-4-11(25)13(27)6-9)14(22-16)8-1-3-10(24)12(26)5-8;/h1-7,24-27H,(H2,19,20,21,23);1H/p-1. The van der Waals surface area contributed by atoms with Crippen molar-refractivity contribution in [3.05, 3.63) is 42.7 Å². The number of aromatic hydroxyl groups is 4. The van der Waals surface area contributed by atoms with Gasteiger partial charge in [-0.25, -0.2) is 19.9 Å². The van der Waals surface area contributed by atoms with Crippen LogP contribution < -0.4 is 18.1 Å². The molecule has 2 aromatic carbocycles. The number of phenols is 4. The van der Waals surface area contributed by atoms with Crippen LogP contribution in [-0.4, -0.2) is 40.4 Å². The summed E-state index contributed by atoms with van der Waals surface area (Å²) in [7, 11) is 0. The first kappa shape index (κ1) is 18.9. The van der Waals surface area contributed by atoms with Crippen LogP contribution in [-0.2, 0) is 0 Å². The maximum atomic E-state index is 9.85. The molecule has 0 fully saturated rings. The number of nitrogen functional groups attached to an aromatic ring is 1. The topological polar surface area (TPSA) is 158 Å². The molecule has 0 saturated carbocycles. The van der Waals surface area contributed by atoms with Crippen LogP contribution in [0.2, 0.25) is 0 Å². The summed E-state index contributed by atoms with van der Waals surface area (Å²) in [4.78, 5) is 16.9. The average Bonchev–Trinajstić information content (AvgIpc) is 2.66. The molecule has 4 rings (SSSR count). The van der Waals surface area contributed by atoms with E-state index in [0.29, 0.717) is 22.5 Å². The van der Waals surface area contributed by atoms with Gasteiger partial charge < -0.3 is 38.6 Å². The van der Waals surface area contributed by atoms with Crippen molar-refractivity contribution in [2.75, 3.05) is 5.73 Å². The Morgan fingerprint density at radius 3 is 1.75 bits per heavy atom. The van der Waals surface area contributed by atoms with Crippen molar-refractivity contribution in [1.29, 1.82) is 0 Å². The van der Waals surface area contributed by atoms with E-state index in [2.05, 4.69) is 19.9 Å². The number of nitrogens with two attached hydrogens (primary N) is 1. The first-order chi connectivity index (χ1) is 12.9. The lowest BCUT2D eigenvalue weighted by Crippen LogP contribution is -3.00. The number of anilines is 1. The van der Waals surface area contributed by atoms with E-state index in [1.54, 1.807) is 12.1 Å². The lowest BCUT2D eigenvalue weighted by Gasteiger charge is -2.12. The van der Waals surface area contributed by atoms with Crippen LogP contribution in [0.15, 0.2) is 42.7 Å². The van der Waals surface area contributed by atoms with Crippen LogP contribution in [0.3, 0.4) is 0 Å². The van der Waals surface area contributed by atoms with E-state index in [1.807, 2.05) is 0 Å². The highest BCUT2D eigenvalue weighted by atomic mass is 35.5. The summed E-state index contributed by atoms with van der Waals surface area (Å²) in [6.07, 6.45) is 1.26. The second kappa shape index (κ2) is 7.05. The maximum Gasteiger partial charge on any atom is 0.184 e. The largest absolute Gasteiger partial charge is 1.00 e. The number of halogens is 1. The van der Waals surface area contributed by atoms with Gasteiger partial charge in [-0.05, 0) is 36.4 Å². The minimum absolute atomic E-state index is 0. The van der Waals surface area contributed by atoms with Crippen LogP contribution in [0.25, 0.3) is 33.7 Å². The average molecular weight is 399 g/mol. The SMILES string of the molecule is Nc1ncnc2nc(-c3ccc(O)c(O)c3)c(-c3ccc(O)c(O)c3)nc12.[Cl-]. The van der Waals surface area contributed by atoms with Crippen molar-refractivity contribution >= 4 is 17.0 Å². The Morgan fingerprint density at radius 2 is 1.21 bits per heavy atom. The molecule has 0 atom stereocenters. The summed E-state index contributed by atoms with van der Waals surface area (Å²) in [6, 6.07) is 8.41. The van der Waals surface area contributed by atoms with Gasteiger partial charge >= 0.3 is 0 Å². The summed E-state index contributed by atoms with van der Waals surface area (Å²) in [5.74, 6) is -1.07. The molecule has 9 nitrogen and oxygen atoms in total. The predicted octanol–water partition coefficient (Wildman–Crippen LogP) is -0.838. The van der Waals surface area contributed by atoms with E-state index in [9.17, 15) is 20.4 Å². The minimum Gasteiger partial charge on any atom is -1.00 e. The van der Waals surface area contributed by atoms with E-state index in [0.717, 1.165) is 0 Å². The smallest absolute Gasteiger partial charge is 0.184 e. The maximum absolute atomic E-state index is 9.85. The number of aromatic nitrogens is 4. The third kappa shape index (κ3) is 3.14. The lowest BCUT2D eigenvalue weighted by atomic mass is 10.0. The van der Waals surface area contributed by atoms with Gasteiger partial charge in [-0.1, -0.05) is 0 Å². The summed E-state index contributed by atoms with van der Waals surface area (Å²) < 4.78 is 0. The summed E-state index contributed by atoms with van der Waals surface area (Å²) in [6.45, 7) is 0. The molecule has 0 aliphatic carbocycles. The Bertz CT molecular complexity index is 1200. The molecule has 0 aliphatic rings. The van der Waals surface area contributed by atoms with E-state index in [1.165, 1.54) is 30.6 Å². The first-order valence-corrected chi connectivity index (χ1v) is 7.77. The molecule has 4 aromatic rings. The molecule has 0 saturated heterocycles. The Balaban J connectivity index is 0.00000225. The number of hydrogen-bond donors (Lipinski definition) is 5. The second-order valence-corrected chi connectivity index (χ2v) is 5.76. The fraction of sp³-hybridized carbons (Fsp3) is 0. The highest BCUT2D eigenvalue weighted by Gasteiger charge is 2.17. The fourth-order valence-electron chi connectivity index (χ4n) is 2.64. The Kier molecular flexibility index (Phi) is 4.76. The van der Waals surface area contributed by atoms with Gasteiger partial charge in [0, 0.05) is 11.1 Å². The van der Waals surface area contributed by atoms with Gasteiger partial charge in [0.25, 0.3) is 0 Å². The second-order valence-electron chi connectivity index (χ2n) is 5.76. The Hall–Kier alpha value is -3.85. The van der Waals surface area contributed by atoms with E-state index >= 15 is 0 Å². The number of fused-ring (bicyclic) bond motifs is 1. The Morgan fingerprint density at radius 1 is 0.679 bits per heavy atom. The van der Waals surface area contributed by atoms with Crippen molar-refractivity contribution in [2.24, 2.45) is 0 Å². The third-order valence-corrected chi connectivity index (χ3v) is 3.99. The molecule has 28 heavy (non-hydrogen) atoms. The fourth-order valence-corrected chi connectivity index (χ4v) is 2.64. The van der Waals surface area contributed by atoms with E-state index in [-0.39, 0.29) is 52.4 Å². The summed E-state index contributed by atoms with van der Waals surface area (Å²) >= 11 is 0. The number of nitrogens with zero attached hydrogens (tertiary/aromatic N) is 4. The number of benzene rings is 2. The van der Waals surface area contributed by atoms with Crippen LogP contribution >= 0.6 is 0 Å². The minimum atomic E-state index is -0.328. The molecule has 0 amide bonds. The third-order valence-electron chi connectivity index (χ3n) is 3.99. The predicted molar refractivity (Wildman–Crippen MR) is 97.1 cm³/mol. The molecule has 0 unspecified atom stereocenters. The van der Waals surface area contributed by atoms with Gasteiger partial charge in [0.05, 0.1) is 11.4 Å². The molecule has 142 valence electrons. The van der Waals surface area contributed by atoms with Gasteiger partial charge in [-0.2, -0.15) is 0 Å². The lowest BCUT2D eigenvalue weighted by molar-refractivity contribution is -0.00000917. The van der Waals surface area contributed by atoms with Crippen LogP contribution in [0.4, 0.5) is 5.82 Å². The van der Waals surface area contributed by atoms with Gasteiger partial charge in [0.1, 0.15) is 6.33 Å². The molecule has 2 aromatic heterocycles. The molecule has 10 heteroatoms. The highest BCUT2D eigenvalue weighted by molar-refractivity contribution is 5.89. The molecule has 6 N–H and O–H groups in total. The van der Waals surface area contributed by atoms with Crippen LogP contribution in [0.5, 0.6) is 23.0 Å². The number of phenolic OH excluding ortho intramolecular Hbond substituents is 4. The van der Waals surface area contributed by atoms with E-state index in [4.69, 9.17) is 5.73 Å². The summed E-state index contributed by atoms with van der Waals surface area (Å²) in [5.41, 5.74) is 7.96. The van der Waals surface area contributed by atoms with Gasteiger partial charge in [0.2, 0.25) is 0 Å². The van der Waals surface area contributed by atoms with Gasteiger partial charge in [0.15, 0.2) is 40.0 Å². The zero-order valence-electron chi connectivity index (χ0n) is 14.1. The monoisotopic (exact) mass is 398 g/mol. The van der Waals surface area contributed by atoms with Crippen molar-refractivity contribution in [1.82, 2.24) is 19.9 Å². The van der Waals surface area contributed by atoms with Crippen molar-refractivity contribution in [3.8, 4) is 45.5 Å². The molecule has 0 radical (unpaired) electrons. The normalized spacial score (nSPS) is 10.6. The van der Waals surface area contributed by atoms with Crippen LogP contribution in [0.1, 0.15) is 0 Å². The van der Waals surface area contributed by atoms with Crippen molar-refractivity contribution in [3.63, 3.8) is 0 Å². The number of rotatable bonds is 2. The van der Waals surface area contributed by atoms with Crippen molar-refractivity contribution < 1.29 is 32.8 Å². The van der Waals surface area contributed by atoms with Crippen molar-refractivity contribution in [2.45, 2.75) is 0 Å². The molecule has 0 spiro atoms. The van der Waals surface area contributed by atoms with E-state index < -0.39 is 0 Å². The van der Waals surface area contributed by atoms with Gasteiger partial charge in [-0.15, -0.1) is 0 Å². The molecule has 2 heterocycles. The first-order valence-electron chi connectivity index (χ1n) is 7.77. The summed E-state index contributed by atoms with van der Waals surface area (Å²) in [5, 5.41) is 38.8. The number of hydrogen-bond acceptors (Lipinski definition) is 9. The van der Waals surface area contributed by atoms with Gasteiger partial charge in [-0.3, -0.25) is 0 Å². The molecular formula is C18H13ClN5O4-. The Labute approximate surface area is 164 Å². The molecule has 0 bridgehead atoms. The molecular weight excluding hydrogens is 386 g/mol. The van der Waals surface area contributed by atoms with Crippen LogP contribution in [0, 0.1) is 0 Å².